The maximum atomic E-state index is 13.5. The van der Waals surface area contributed by atoms with E-state index in [0.717, 1.165) is 6.07 Å². The summed E-state index contributed by atoms with van der Waals surface area (Å²) in [7, 11) is 0. The highest BCUT2D eigenvalue weighted by atomic mass is 32.1. The number of thiocarbonyl (C=S) groups is 1. The highest BCUT2D eigenvalue weighted by Crippen LogP contribution is 2.22. The maximum Gasteiger partial charge on any atom is 0.152 e. The number of nitrogens with zero attached hydrogens (tertiary/aromatic N) is 1. The van der Waals surface area contributed by atoms with Crippen molar-refractivity contribution in [2.75, 3.05) is 0 Å². The Morgan fingerprint density at radius 1 is 1.31 bits per heavy atom. The Kier molecular flexibility index (Phi) is 2.55. The van der Waals surface area contributed by atoms with Gasteiger partial charge in [-0.15, -0.1) is 0 Å². The van der Waals surface area contributed by atoms with Crippen molar-refractivity contribution in [1.29, 1.82) is 0 Å². The molecule has 2 N–H and O–H groups in total. The van der Waals surface area contributed by atoms with Gasteiger partial charge in [-0.25, -0.2) is 13.8 Å². The predicted octanol–water partition coefficient (Wildman–Crippen LogP) is 2.46. The molecule has 2 rings (SSSR count). The smallest absolute Gasteiger partial charge is 0.152 e. The first-order chi connectivity index (χ1) is 7.49. The Morgan fingerprint density at radius 3 is 2.62 bits per heavy atom. The van der Waals surface area contributed by atoms with Crippen molar-refractivity contribution in [3.8, 4) is 0 Å². The zero-order valence-electron chi connectivity index (χ0n) is 8.42. The second kappa shape index (κ2) is 3.75. The van der Waals surface area contributed by atoms with E-state index < -0.39 is 11.6 Å². The average Bonchev–Trinajstić information content (AvgIpc) is 2.18. The minimum Gasteiger partial charge on any atom is -0.389 e. The molecular weight excluding hydrogens is 230 g/mol. The molecule has 0 spiro atoms. The zero-order chi connectivity index (χ0) is 11.9. The van der Waals surface area contributed by atoms with E-state index in [0.29, 0.717) is 16.6 Å². The van der Waals surface area contributed by atoms with Gasteiger partial charge in [-0.2, -0.15) is 0 Å². The molecule has 16 heavy (non-hydrogen) atoms. The maximum absolute atomic E-state index is 13.5. The molecule has 1 aromatic heterocycles. The summed E-state index contributed by atoms with van der Waals surface area (Å²) in [5, 5.41) is 0.301. The third-order valence-corrected chi connectivity index (χ3v) is 2.45. The Balaban J connectivity index is 2.95. The van der Waals surface area contributed by atoms with Crippen LogP contribution in [-0.4, -0.2) is 9.97 Å². The van der Waals surface area contributed by atoms with E-state index in [-0.39, 0.29) is 10.5 Å². The molecule has 0 saturated carbocycles. The number of fused-ring (bicyclic) bond motifs is 1. The van der Waals surface area contributed by atoms with Gasteiger partial charge in [0.05, 0.1) is 0 Å². The number of nitrogens with two attached hydrogens (primary N) is 1. The third kappa shape index (κ3) is 1.74. The molecule has 0 aliphatic carbocycles. The molecule has 0 amide bonds. The summed E-state index contributed by atoms with van der Waals surface area (Å²) in [4.78, 5) is 4.10. The minimum absolute atomic E-state index is 0.0872. The number of pyridine rings is 1. The van der Waals surface area contributed by atoms with Crippen molar-refractivity contribution in [3.63, 3.8) is 0 Å². The molecule has 0 aliphatic heterocycles. The summed E-state index contributed by atoms with van der Waals surface area (Å²) in [5.74, 6) is -1.38. The Morgan fingerprint density at radius 2 is 2.00 bits per heavy atom. The van der Waals surface area contributed by atoms with Gasteiger partial charge in [0.25, 0.3) is 0 Å². The normalized spacial score (nSPS) is 10.7. The van der Waals surface area contributed by atoms with Crippen LogP contribution in [0, 0.1) is 18.6 Å². The largest absolute Gasteiger partial charge is 0.389 e. The standard InChI is InChI=1S/C11H8F2N2S/c1-5-2-8(11(14)16)7-3-6(12)4-9(13)10(7)15-5/h2-4H,1H3,(H2,14,16). The van der Waals surface area contributed by atoms with Crippen LogP contribution < -0.4 is 5.73 Å². The van der Waals surface area contributed by atoms with Crippen molar-refractivity contribution < 1.29 is 8.78 Å². The summed E-state index contributed by atoms with van der Waals surface area (Å²) in [5.41, 5.74) is 6.62. The van der Waals surface area contributed by atoms with Crippen molar-refractivity contribution in [1.82, 2.24) is 4.98 Å². The highest BCUT2D eigenvalue weighted by Gasteiger charge is 2.11. The fourth-order valence-corrected chi connectivity index (χ4v) is 1.75. The average molecular weight is 238 g/mol. The topological polar surface area (TPSA) is 38.9 Å². The van der Waals surface area contributed by atoms with Crippen LogP contribution in [0.5, 0.6) is 0 Å². The number of hydrogen-bond acceptors (Lipinski definition) is 2. The molecule has 0 saturated heterocycles. The first-order valence-corrected chi connectivity index (χ1v) is 4.96. The molecule has 1 heterocycles. The summed E-state index contributed by atoms with van der Waals surface area (Å²) < 4.78 is 26.6. The molecule has 0 atom stereocenters. The van der Waals surface area contributed by atoms with Crippen LogP contribution in [0.4, 0.5) is 8.78 Å². The number of aromatic nitrogens is 1. The van der Waals surface area contributed by atoms with Gasteiger partial charge in [-0.1, -0.05) is 12.2 Å². The lowest BCUT2D eigenvalue weighted by Crippen LogP contribution is -2.11. The van der Waals surface area contributed by atoms with Crippen LogP contribution in [0.2, 0.25) is 0 Å². The molecule has 0 unspecified atom stereocenters. The van der Waals surface area contributed by atoms with Gasteiger partial charge in [-0.3, -0.25) is 0 Å². The first-order valence-electron chi connectivity index (χ1n) is 4.55. The molecule has 0 fully saturated rings. The molecule has 0 radical (unpaired) electrons. The number of rotatable bonds is 1. The van der Waals surface area contributed by atoms with Crippen LogP contribution in [0.25, 0.3) is 10.9 Å². The Hall–Kier alpha value is -1.62. The second-order valence-electron chi connectivity index (χ2n) is 3.46. The summed E-state index contributed by atoms with van der Waals surface area (Å²) in [6.45, 7) is 1.70. The van der Waals surface area contributed by atoms with Crippen LogP contribution in [0.3, 0.4) is 0 Å². The Labute approximate surface area is 96.1 Å². The van der Waals surface area contributed by atoms with Gasteiger partial charge < -0.3 is 5.73 Å². The number of hydrogen-bond donors (Lipinski definition) is 1. The van der Waals surface area contributed by atoms with Crippen molar-refractivity contribution in [2.24, 2.45) is 5.73 Å². The second-order valence-corrected chi connectivity index (χ2v) is 3.90. The number of halogens is 2. The third-order valence-electron chi connectivity index (χ3n) is 2.23. The van der Waals surface area contributed by atoms with E-state index in [1.807, 2.05) is 0 Å². The van der Waals surface area contributed by atoms with E-state index in [9.17, 15) is 8.78 Å². The van der Waals surface area contributed by atoms with Gasteiger partial charge in [0, 0.05) is 22.7 Å². The fraction of sp³-hybridized carbons (Fsp3) is 0.0909. The van der Waals surface area contributed by atoms with Crippen LogP contribution in [0.15, 0.2) is 18.2 Å². The van der Waals surface area contributed by atoms with Crippen molar-refractivity contribution in [2.45, 2.75) is 6.92 Å². The molecule has 0 aliphatic rings. The SMILES string of the molecule is Cc1cc(C(N)=S)c2cc(F)cc(F)c2n1. The lowest BCUT2D eigenvalue weighted by molar-refractivity contribution is 0.590. The van der Waals surface area contributed by atoms with E-state index >= 15 is 0 Å². The lowest BCUT2D eigenvalue weighted by atomic mass is 10.1. The highest BCUT2D eigenvalue weighted by molar-refractivity contribution is 7.80. The van der Waals surface area contributed by atoms with Gasteiger partial charge >= 0.3 is 0 Å². The van der Waals surface area contributed by atoms with Crippen molar-refractivity contribution >= 4 is 28.1 Å². The van der Waals surface area contributed by atoms with Crippen LogP contribution in [0.1, 0.15) is 11.3 Å². The van der Waals surface area contributed by atoms with Gasteiger partial charge in [0.2, 0.25) is 0 Å². The molecule has 1 aromatic carbocycles. The van der Waals surface area contributed by atoms with Gasteiger partial charge in [-0.05, 0) is 19.1 Å². The zero-order valence-corrected chi connectivity index (χ0v) is 9.24. The van der Waals surface area contributed by atoms with Gasteiger partial charge in [0.1, 0.15) is 16.3 Å². The molecule has 2 aromatic rings. The van der Waals surface area contributed by atoms with Crippen molar-refractivity contribution in [3.05, 3.63) is 41.1 Å². The Bertz CT molecular complexity index is 596. The van der Waals surface area contributed by atoms with E-state index in [1.54, 1.807) is 13.0 Å². The molecule has 5 heteroatoms. The monoisotopic (exact) mass is 238 g/mol. The molecule has 0 bridgehead atoms. The minimum atomic E-state index is -0.712. The quantitative estimate of drug-likeness (QED) is 0.776. The number of benzene rings is 1. The fourth-order valence-electron chi connectivity index (χ4n) is 1.58. The lowest BCUT2D eigenvalue weighted by Gasteiger charge is -2.07. The predicted molar refractivity (Wildman–Crippen MR) is 62.3 cm³/mol. The van der Waals surface area contributed by atoms with Crippen LogP contribution in [-0.2, 0) is 0 Å². The van der Waals surface area contributed by atoms with E-state index in [4.69, 9.17) is 18.0 Å². The van der Waals surface area contributed by atoms with Crippen LogP contribution >= 0.6 is 12.2 Å². The first kappa shape index (κ1) is 10.9. The van der Waals surface area contributed by atoms with E-state index in [2.05, 4.69) is 4.98 Å². The molecular formula is C11H8F2N2S. The summed E-state index contributed by atoms with van der Waals surface area (Å²) in [6.07, 6.45) is 0. The van der Waals surface area contributed by atoms with E-state index in [1.165, 1.54) is 6.07 Å². The van der Waals surface area contributed by atoms with Gasteiger partial charge in [0.15, 0.2) is 5.82 Å². The number of aryl methyl sites for hydroxylation is 1. The molecule has 82 valence electrons. The summed E-state index contributed by atoms with van der Waals surface area (Å²) in [6, 6.07) is 3.58. The molecule has 2 nitrogen and oxygen atoms in total. The summed E-state index contributed by atoms with van der Waals surface area (Å²) >= 11 is 4.84.